The molecule has 0 atom stereocenters. The third-order valence-corrected chi connectivity index (χ3v) is 3.22. The first-order chi connectivity index (χ1) is 9.08. The summed E-state index contributed by atoms with van der Waals surface area (Å²) in [6.07, 6.45) is 4.43. The summed E-state index contributed by atoms with van der Waals surface area (Å²) in [5.74, 6) is 0.141. The average Bonchev–Trinajstić information content (AvgIpc) is 2.79. The summed E-state index contributed by atoms with van der Waals surface area (Å²) in [4.78, 5) is 17.1. The molecule has 3 nitrogen and oxygen atoms in total. The number of aromatic amines is 1. The molecule has 1 heterocycles. The van der Waals surface area contributed by atoms with Crippen LogP contribution in [0.2, 0.25) is 0 Å². The number of nitrogens with zero attached hydrogens (tertiary/aromatic N) is 1. The minimum Gasteiger partial charge on any atom is -0.361 e. The minimum atomic E-state index is 0.141. The summed E-state index contributed by atoms with van der Waals surface area (Å²) >= 11 is 0. The molecular formula is C16H20N2O. The van der Waals surface area contributed by atoms with Gasteiger partial charge in [-0.3, -0.25) is 4.79 Å². The van der Waals surface area contributed by atoms with Gasteiger partial charge in [-0.05, 0) is 25.5 Å². The van der Waals surface area contributed by atoms with Crippen LogP contribution in [0.1, 0.15) is 19.4 Å². The lowest BCUT2D eigenvalue weighted by Gasteiger charge is -2.15. The van der Waals surface area contributed by atoms with E-state index < -0.39 is 0 Å². The molecule has 3 heteroatoms. The van der Waals surface area contributed by atoms with Crippen LogP contribution in [0.15, 0.2) is 42.1 Å². The van der Waals surface area contributed by atoms with Crippen molar-refractivity contribution in [1.82, 2.24) is 9.88 Å². The van der Waals surface area contributed by atoms with Gasteiger partial charge in [0.15, 0.2) is 0 Å². The van der Waals surface area contributed by atoms with Crippen molar-refractivity contribution in [2.45, 2.75) is 20.3 Å². The number of hydrogen-bond acceptors (Lipinski definition) is 1. The maximum Gasteiger partial charge on any atom is 0.227 e. The summed E-state index contributed by atoms with van der Waals surface area (Å²) < 4.78 is 0. The number of benzene rings is 1. The molecule has 1 amide bonds. The Hall–Kier alpha value is -2.03. The maximum atomic E-state index is 12.1. The van der Waals surface area contributed by atoms with Gasteiger partial charge < -0.3 is 9.88 Å². The van der Waals surface area contributed by atoms with Gasteiger partial charge in [-0.1, -0.05) is 29.8 Å². The molecule has 0 spiro atoms. The van der Waals surface area contributed by atoms with Crippen molar-refractivity contribution in [2.24, 2.45) is 0 Å². The third kappa shape index (κ3) is 3.25. The van der Waals surface area contributed by atoms with Crippen molar-refractivity contribution in [3.63, 3.8) is 0 Å². The fourth-order valence-electron chi connectivity index (χ4n) is 2.00. The van der Waals surface area contributed by atoms with E-state index >= 15 is 0 Å². The van der Waals surface area contributed by atoms with Gasteiger partial charge in [-0.15, -0.1) is 0 Å². The second-order valence-corrected chi connectivity index (χ2v) is 5.09. The molecule has 100 valence electrons. The Bertz CT molecular complexity index is 606. The molecule has 0 fully saturated rings. The van der Waals surface area contributed by atoms with Crippen LogP contribution in [-0.4, -0.2) is 29.4 Å². The Kier molecular flexibility index (Phi) is 4.05. The molecule has 0 aliphatic heterocycles. The van der Waals surface area contributed by atoms with Crippen molar-refractivity contribution in [3.05, 3.63) is 47.7 Å². The number of fused-ring (bicyclic) bond motifs is 1. The Balaban J connectivity index is 2.08. The van der Waals surface area contributed by atoms with Gasteiger partial charge in [0, 0.05) is 30.7 Å². The first kappa shape index (κ1) is 13.4. The fourth-order valence-corrected chi connectivity index (χ4v) is 2.00. The Morgan fingerprint density at radius 1 is 1.32 bits per heavy atom. The van der Waals surface area contributed by atoms with Gasteiger partial charge >= 0.3 is 0 Å². The summed E-state index contributed by atoms with van der Waals surface area (Å²) in [5.41, 5.74) is 3.37. The summed E-state index contributed by atoms with van der Waals surface area (Å²) in [6.45, 7) is 4.75. The number of aromatic nitrogens is 1. The molecular weight excluding hydrogens is 236 g/mol. The standard InChI is InChI=1S/C16H20N2O/c1-12(2)8-9-18(3)16(19)10-13-11-17-15-7-5-4-6-14(13)15/h4-8,11,17H,9-10H2,1-3H3. The van der Waals surface area contributed by atoms with Crippen molar-refractivity contribution in [2.75, 3.05) is 13.6 Å². The van der Waals surface area contributed by atoms with Gasteiger partial charge in [0.2, 0.25) is 5.91 Å². The van der Waals surface area contributed by atoms with Crippen LogP contribution in [0.3, 0.4) is 0 Å². The maximum absolute atomic E-state index is 12.1. The molecule has 1 aromatic heterocycles. The fraction of sp³-hybridized carbons (Fsp3) is 0.312. The molecule has 0 aliphatic carbocycles. The third-order valence-electron chi connectivity index (χ3n) is 3.22. The first-order valence-electron chi connectivity index (χ1n) is 6.50. The number of allylic oxidation sites excluding steroid dienone is 1. The molecule has 0 bridgehead atoms. The lowest BCUT2D eigenvalue weighted by molar-refractivity contribution is -0.128. The van der Waals surface area contributed by atoms with Crippen molar-refractivity contribution in [1.29, 1.82) is 0 Å². The van der Waals surface area contributed by atoms with Gasteiger partial charge in [0.25, 0.3) is 0 Å². The largest absolute Gasteiger partial charge is 0.361 e. The highest BCUT2D eigenvalue weighted by atomic mass is 16.2. The summed E-state index contributed by atoms with van der Waals surface area (Å²) in [7, 11) is 1.84. The Labute approximate surface area is 113 Å². The minimum absolute atomic E-state index is 0.141. The highest BCUT2D eigenvalue weighted by Gasteiger charge is 2.11. The van der Waals surface area contributed by atoms with Crippen LogP contribution in [0, 0.1) is 0 Å². The van der Waals surface area contributed by atoms with Gasteiger partial charge in [0.1, 0.15) is 0 Å². The zero-order valence-electron chi connectivity index (χ0n) is 11.7. The van der Waals surface area contributed by atoms with E-state index in [1.807, 2.05) is 51.4 Å². The van der Waals surface area contributed by atoms with Crippen molar-refractivity contribution < 1.29 is 4.79 Å². The van der Waals surface area contributed by atoms with E-state index in [9.17, 15) is 4.79 Å². The zero-order valence-corrected chi connectivity index (χ0v) is 11.7. The second kappa shape index (κ2) is 5.74. The van der Waals surface area contributed by atoms with E-state index in [2.05, 4.69) is 11.1 Å². The van der Waals surface area contributed by atoms with Crippen LogP contribution in [0.5, 0.6) is 0 Å². The monoisotopic (exact) mass is 256 g/mol. The molecule has 19 heavy (non-hydrogen) atoms. The number of hydrogen-bond donors (Lipinski definition) is 1. The number of amides is 1. The van der Waals surface area contributed by atoms with Crippen LogP contribution in [0.25, 0.3) is 10.9 Å². The lowest BCUT2D eigenvalue weighted by atomic mass is 10.1. The zero-order chi connectivity index (χ0) is 13.8. The number of para-hydroxylation sites is 1. The normalized spacial score (nSPS) is 10.5. The van der Waals surface area contributed by atoms with Crippen LogP contribution in [-0.2, 0) is 11.2 Å². The van der Waals surface area contributed by atoms with Crippen LogP contribution >= 0.6 is 0 Å². The van der Waals surface area contributed by atoms with E-state index in [1.54, 1.807) is 4.90 Å². The van der Waals surface area contributed by atoms with E-state index in [0.29, 0.717) is 13.0 Å². The van der Waals surface area contributed by atoms with Crippen LogP contribution < -0.4 is 0 Å². The average molecular weight is 256 g/mol. The Morgan fingerprint density at radius 2 is 2.05 bits per heavy atom. The Morgan fingerprint density at radius 3 is 2.79 bits per heavy atom. The summed E-state index contributed by atoms with van der Waals surface area (Å²) in [6, 6.07) is 8.06. The molecule has 0 saturated heterocycles. The quantitative estimate of drug-likeness (QED) is 0.838. The topological polar surface area (TPSA) is 36.1 Å². The predicted octanol–water partition coefficient (Wildman–Crippen LogP) is 3.14. The molecule has 0 aliphatic rings. The molecule has 1 aromatic carbocycles. The van der Waals surface area contributed by atoms with Gasteiger partial charge in [-0.2, -0.15) is 0 Å². The first-order valence-corrected chi connectivity index (χ1v) is 6.50. The van der Waals surface area contributed by atoms with Gasteiger partial charge in [0.05, 0.1) is 6.42 Å². The van der Waals surface area contributed by atoms with E-state index in [4.69, 9.17) is 0 Å². The highest BCUT2D eigenvalue weighted by Crippen LogP contribution is 2.18. The van der Waals surface area contributed by atoms with E-state index in [1.165, 1.54) is 5.57 Å². The molecule has 1 N–H and O–H groups in total. The second-order valence-electron chi connectivity index (χ2n) is 5.09. The van der Waals surface area contributed by atoms with E-state index in [0.717, 1.165) is 16.5 Å². The highest BCUT2D eigenvalue weighted by molar-refractivity contribution is 5.88. The van der Waals surface area contributed by atoms with Gasteiger partial charge in [-0.25, -0.2) is 0 Å². The number of rotatable bonds is 4. The van der Waals surface area contributed by atoms with Crippen molar-refractivity contribution in [3.8, 4) is 0 Å². The number of likely N-dealkylation sites (N-methyl/N-ethyl adjacent to an activating group) is 1. The van der Waals surface area contributed by atoms with Crippen LogP contribution in [0.4, 0.5) is 0 Å². The predicted molar refractivity (Wildman–Crippen MR) is 79.1 cm³/mol. The summed E-state index contributed by atoms with van der Waals surface area (Å²) in [5, 5.41) is 1.13. The smallest absolute Gasteiger partial charge is 0.227 e. The number of nitrogens with one attached hydrogen (secondary N) is 1. The van der Waals surface area contributed by atoms with Crippen molar-refractivity contribution >= 4 is 16.8 Å². The number of carbonyl (C=O) groups excluding carboxylic acids is 1. The number of H-pyrrole nitrogens is 1. The molecule has 2 aromatic rings. The molecule has 0 radical (unpaired) electrons. The molecule has 0 unspecified atom stereocenters. The SMILES string of the molecule is CC(C)=CCN(C)C(=O)Cc1c[nH]c2ccccc12. The molecule has 0 saturated carbocycles. The molecule has 2 rings (SSSR count). The number of carbonyl (C=O) groups is 1. The lowest BCUT2D eigenvalue weighted by Crippen LogP contribution is -2.28. The van der Waals surface area contributed by atoms with E-state index in [-0.39, 0.29) is 5.91 Å².